The lowest BCUT2D eigenvalue weighted by atomic mass is 9.81. The van der Waals surface area contributed by atoms with Crippen LogP contribution in [0, 0.1) is 5.92 Å². The van der Waals surface area contributed by atoms with Crippen molar-refractivity contribution in [3.63, 3.8) is 0 Å². The summed E-state index contributed by atoms with van der Waals surface area (Å²) < 4.78 is 25.0. The Morgan fingerprint density at radius 2 is 1.22 bits per heavy atom. The van der Waals surface area contributed by atoms with Crippen LogP contribution in [0.5, 0.6) is 23.0 Å². The molecule has 0 saturated carbocycles. The van der Waals surface area contributed by atoms with Gasteiger partial charge in [-0.05, 0) is 71.9 Å². The fraction of sp³-hybridized carbons (Fsp3) is 0.400. The monoisotopic (exact) mass is 564 g/mol. The number of rotatable bonds is 7. The summed E-state index contributed by atoms with van der Waals surface area (Å²) in [5.41, 5.74) is 2.02. The molecule has 0 saturated heterocycles. The Kier molecular flexibility index (Phi) is 7.89. The maximum Gasteiger partial charge on any atom is 0.138 e. The molecule has 0 amide bonds. The molecule has 4 nitrogen and oxygen atoms in total. The predicted octanol–water partition coefficient (Wildman–Crippen LogP) is 6.80. The maximum atomic E-state index is 5.75. The minimum atomic E-state index is -0.00444. The van der Waals surface area contributed by atoms with E-state index in [0.717, 1.165) is 47.5 Å². The molecule has 0 aliphatic carbocycles. The largest absolute Gasteiger partial charge is 0.496 e. The van der Waals surface area contributed by atoms with E-state index in [0.29, 0.717) is 0 Å². The van der Waals surface area contributed by atoms with Gasteiger partial charge in [-0.1, -0.05) is 13.8 Å². The third-order valence-corrected chi connectivity index (χ3v) is 7.12. The number of methoxy groups -OCH3 is 4. The Bertz CT molecular complexity index is 822. The predicted molar refractivity (Wildman–Crippen MR) is 119 cm³/mol. The van der Waals surface area contributed by atoms with Crippen LogP contribution in [0.3, 0.4) is 0 Å². The summed E-state index contributed by atoms with van der Waals surface area (Å²) in [6.45, 7) is 4.33. The average Bonchev–Trinajstić information content (AvgIpc) is 2.65. The Morgan fingerprint density at radius 1 is 0.667 bits per heavy atom. The van der Waals surface area contributed by atoms with Crippen LogP contribution in [-0.4, -0.2) is 28.4 Å². The van der Waals surface area contributed by atoms with Gasteiger partial charge < -0.3 is 18.9 Å². The van der Waals surface area contributed by atoms with Gasteiger partial charge in [0, 0.05) is 17.0 Å². The van der Waals surface area contributed by atoms with Gasteiger partial charge in [0.25, 0.3) is 0 Å². The third-order valence-electron chi connectivity index (χ3n) is 4.42. The lowest BCUT2D eigenvalue weighted by Crippen LogP contribution is -2.13. The highest BCUT2D eigenvalue weighted by Crippen LogP contribution is 2.50. The number of halogens is 3. The summed E-state index contributed by atoms with van der Waals surface area (Å²) in [5.74, 6) is 3.27. The first-order valence-corrected chi connectivity index (χ1v) is 10.7. The highest BCUT2D eigenvalue weighted by atomic mass is 79.9. The van der Waals surface area contributed by atoms with Crippen LogP contribution in [0.15, 0.2) is 31.6 Å². The van der Waals surface area contributed by atoms with E-state index in [-0.39, 0.29) is 11.8 Å². The number of hydrogen-bond donors (Lipinski definition) is 0. The van der Waals surface area contributed by atoms with Gasteiger partial charge in [0.05, 0.1) is 41.9 Å². The molecule has 0 fully saturated rings. The minimum absolute atomic E-state index is 0.00444. The fourth-order valence-corrected chi connectivity index (χ4v) is 4.73. The van der Waals surface area contributed by atoms with E-state index in [1.54, 1.807) is 28.4 Å². The zero-order chi connectivity index (χ0) is 20.3. The molecule has 1 unspecified atom stereocenters. The van der Waals surface area contributed by atoms with Gasteiger partial charge in [0.1, 0.15) is 23.0 Å². The second kappa shape index (κ2) is 9.52. The molecule has 0 bridgehead atoms. The quantitative estimate of drug-likeness (QED) is 0.369. The van der Waals surface area contributed by atoms with Crippen LogP contribution in [0.25, 0.3) is 0 Å². The summed E-state index contributed by atoms with van der Waals surface area (Å²) in [6.07, 6.45) is 0. The smallest absolute Gasteiger partial charge is 0.138 e. The summed E-state index contributed by atoms with van der Waals surface area (Å²) in [6, 6.07) is 5.95. The number of ether oxygens (including phenoxy) is 4. The molecule has 0 aliphatic rings. The van der Waals surface area contributed by atoms with Gasteiger partial charge in [0.15, 0.2) is 0 Å². The van der Waals surface area contributed by atoms with Crippen molar-refractivity contribution in [3.8, 4) is 23.0 Å². The topological polar surface area (TPSA) is 36.9 Å². The molecule has 0 radical (unpaired) electrons. The van der Waals surface area contributed by atoms with Crippen molar-refractivity contribution in [3.05, 3.63) is 42.7 Å². The zero-order valence-corrected chi connectivity index (χ0v) is 20.9. The SMILES string of the molecule is COc1cc(C(c2cc(OC)c(Br)c(Br)c2OC)C(C)C)c(OC)cc1Br. The van der Waals surface area contributed by atoms with E-state index in [2.05, 4.69) is 61.6 Å². The van der Waals surface area contributed by atoms with Gasteiger partial charge in [-0.3, -0.25) is 0 Å². The number of hydrogen-bond acceptors (Lipinski definition) is 4. The standard InChI is InChI=1S/C20H23Br3O4/c1-10(2)17(11-7-15(25-4)13(21)9-14(11)24-3)12-8-16(26-5)18(22)19(23)20(12)27-6/h7-10,17H,1-6H3. The highest BCUT2D eigenvalue weighted by Gasteiger charge is 2.29. The molecule has 148 valence electrons. The van der Waals surface area contributed by atoms with E-state index in [9.17, 15) is 0 Å². The molecule has 0 spiro atoms. The van der Waals surface area contributed by atoms with Crippen LogP contribution >= 0.6 is 47.8 Å². The Hall–Kier alpha value is -0.920. The average molecular weight is 567 g/mol. The molecule has 0 aromatic heterocycles. The Morgan fingerprint density at radius 3 is 1.70 bits per heavy atom. The Labute approximate surface area is 185 Å². The van der Waals surface area contributed by atoms with Crippen LogP contribution < -0.4 is 18.9 Å². The maximum absolute atomic E-state index is 5.75. The zero-order valence-electron chi connectivity index (χ0n) is 16.2. The van der Waals surface area contributed by atoms with Crippen molar-refractivity contribution in [1.82, 2.24) is 0 Å². The second-order valence-corrected chi connectivity index (χ2v) is 8.72. The second-order valence-electron chi connectivity index (χ2n) is 6.28. The van der Waals surface area contributed by atoms with E-state index in [4.69, 9.17) is 18.9 Å². The van der Waals surface area contributed by atoms with E-state index < -0.39 is 0 Å². The summed E-state index contributed by atoms with van der Waals surface area (Å²) in [4.78, 5) is 0. The molecule has 0 heterocycles. The molecular formula is C20H23Br3O4. The summed E-state index contributed by atoms with van der Waals surface area (Å²) in [5, 5.41) is 0. The molecule has 27 heavy (non-hydrogen) atoms. The van der Waals surface area contributed by atoms with Crippen molar-refractivity contribution in [2.45, 2.75) is 19.8 Å². The first-order valence-electron chi connectivity index (χ1n) is 8.31. The van der Waals surface area contributed by atoms with Crippen LogP contribution in [-0.2, 0) is 0 Å². The number of benzene rings is 2. The molecule has 2 rings (SSSR count). The van der Waals surface area contributed by atoms with Crippen LogP contribution in [0.2, 0.25) is 0 Å². The molecular weight excluding hydrogens is 544 g/mol. The van der Waals surface area contributed by atoms with Crippen LogP contribution in [0.1, 0.15) is 30.9 Å². The van der Waals surface area contributed by atoms with Gasteiger partial charge in [-0.15, -0.1) is 0 Å². The summed E-state index contributed by atoms with van der Waals surface area (Å²) >= 11 is 10.7. The van der Waals surface area contributed by atoms with Crippen molar-refractivity contribution < 1.29 is 18.9 Å². The molecule has 2 aromatic carbocycles. The lowest BCUT2D eigenvalue weighted by Gasteiger charge is -2.27. The van der Waals surface area contributed by atoms with E-state index in [1.165, 1.54) is 0 Å². The van der Waals surface area contributed by atoms with E-state index in [1.807, 2.05) is 18.2 Å². The van der Waals surface area contributed by atoms with Gasteiger partial charge in [0.2, 0.25) is 0 Å². The van der Waals surface area contributed by atoms with Gasteiger partial charge in [-0.25, -0.2) is 0 Å². The summed E-state index contributed by atoms with van der Waals surface area (Å²) in [7, 11) is 6.64. The normalized spacial score (nSPS) is 12.1. The Balaban J connectivity index is 2.83. The van der Waals surface area contributed by atoms with Gasteiger partial charge in [-0.2, -0.15) is 0 Å². The molecule has 0 aliphatic heterocycles. The molecule has 0 N–H and O–H groups in total. The minimum Gasteiger partial charge on any atom is -0.496 e. The molecule has 7 heteroatoms. The molecule has 2 aromatic rings. The van der Waals surface area contributed by atoms with Crippen LogP contribution in [0.4, 0.5) is 0 Å². The highest BCUT2D eigenvalue weighted by molar-refractivity contribution is 9.13. The first-order chi connectivity index (χ1) is 12.8. The third kappa shape index (κ3) is 4.40. The molecule has 1 atom stereocenters. The van der Waals surface area contributed by atoms with Crippen molar-refractivity contribution in [2.24, 2.45) is 5.92 Å². The van der Waals surface area contributed by atoms with E-state index >= 15 is 0 Å². The fourth-order valence-electron chi connectivity index (χ4n) is 3.20. The van der Waals surface area contributed by atoms with Crippen molar-refractivity contribution in [2.75, 3.05) is 28.4 Å². The first kappa shape index (κ1) is 22.4. The van der Waals surface area contributed by atoms with Crippen molar-refractivity contribution >= 4 is 47.8 Å². The van der Waals surface area contributed by atoms with Gasteiger partial charge >= 0.3 is 0 Å². The van der Waals surface area contributed by atoms with Crippen molar-refractivity contribution in [1.29, 1.82) is 0 Å². The lowest BCUT2D eigenvalue weighted by molar-refractivity contribution is 0.377.